The van der Waals surface area contributed by atoms with Crippen molar-refractivity contribution in [1.29, 1.82) is 0 Å². The van der Waals surface area contributed by atoms with E-state index >= 15 is 0 Å². The number of carbonyl (C=O) groups is 3. The predicted molar refractivity (Wildman–Crippen MR) is 119 cm³/mol. The van der Waals surface area contributed by atoms with Crippen molar-refractivity contribution < 1.29 is 63.2 Å². The summed E-state index contributed by atoms with van der Waals surface area (Å²) in [4.78, 5) is 38.6. The summed E-state index contributed by atoms with van der Waals surface area (Å²) in [5.41, 5.74) is -7.63. The normalized spacial score (nSPS) is 26.9. The first-order chi connectivity index (χ1) is 17.8. The third-order valence-electron chi connectivity index (χ3n) is 7.70. The number of ether oxygens (including phenoxy) is 2. The summed E-state index contributed by atoms with van der Waals surface area (Å²) >= 11 is 0. The minimum Gasteiger partial charge on any atom is -0.434 e. The fraction of sp³-hybridized carbons (Fsp3) is 0.609. The van der Waals surface area contributed by atoms with E-state index in [2.05, 4.69) is 4.74 Å². The van der Waals surface area contributed by atoms with E-state index in [1.807, 2.05) is 0 Å². The van der Waals surface area contributed by atoms with Gasteiger partial charge >= 0.3 is 29.9 Å². The number of rotatable bonds is 7. The molecule has 4 saturated carbocycles. The number of alkyl halides is 6. The summed E-state index contributed by atoms with van der Waals surface area (Å²) < 4.78 is 122. The lowest BCUT2D eigenvalue weighted by atomic mass is 9.49. The van der Waals surface area contributed by atoms with Crippen molar-refractivity contribution in [1.82, 2.24) is 0 Å². The molecule has 5 rings (SSSR count). The lowest BCUT2D eigenvalue weighted by Gasteiger charge is -2.53. The molecule has 1 aromatic rings. The maximum Gasteiger partial charge on any atom is 0.438 e. The second kappa shape index (κ2) is 9.49. The van der Waals surface area contributed by atoms with Gasteiger partial charge in [-0.05, 0) is 50.2 Å². The Morgan fingerprint density at radius 3 is 2.08 bits per heavy atom. The number of halogens is 6. The molecule has 2 unspecified atom stereocenters. The van der Waals surface area contributed by atoms with Gasteiger partial charge in [0, 0.05) is 11.8 Å². The summed E-state index contributed by atoms with van der Waals surface area (Å²) in [5.74, 6) is -7.68. The van der Waals surface area contributed by atoms with Crippen LogP contribution >= 0.6 is 0 Å². The topological polar surface area (TPSA) is 124 Å². The molecule has 4 fully saturated rings. The van der Waals surface area contributed by atoms with E-state index in [1.54, 1.807) is 0 Å². The SMILES string of the molecule is [B]Cc1ccc(C(=O)OC(CS(=O)(=O)O)(C(F)(F)F)C(F)(F)F)c(OC(=O)C23CC4CC(C2)C(=O)C(C4)C3)c1. The molecule has 0 spiro atoms. The van der Waals surface area contributed by atoms with Gasteiger partial charge in [0.2, 0.25) is 0 Å². The first-order valence-corrected chi connectivity index (χ1v) is 13.3. The Bertz CT molecular complexity index is 1280. The Balaban J connectivity index is 1.70. The second-order valence-electron chi connectivity index (χ2n) is 10.4. The quantitative estimate of drug-likeness (QED) is 0.170. The molecule has 16 heteroatoms. The van der Waals surface area contributed by atoms with Crippen LogP contribution < -0.4 is 4.74 Å². The highest BCUT2D eigenvalue weighted by Crippen LogP contribution is 2.59. The van der Waals surface area contributed by atoms with Crippen LogP contribution in [0.5, 0.6) is 5.75 Å². The van der Waals surface area contributed by atoms with Crippen LogP contribution in [0.15, 0.2) is 18.2 Å². The van der Waals surface area contributed by atoms with E-state index in [4.69, 9.17) is 17.1 Å². The number of carbonyl (C=O) groups excluding carboxylic acids is 3. The van der Waals surface area contributed by atoms with Crippen molar-refractivity contribution in [3.05, 3.63) is 29.3 Å². The number of Topliss-reactive ketones (excluding diaryl/α,β-unsaturated/α-hetero) is 1. The molecule has 4 bridgehead atoms. The molecule has 1 N–H and O–H groups in total. The zero-order valence-corrected chi connectivity index (χ0v) is 20.8. The Kier molecular flexibility index (Phi) is 7.15. The molecular weight excluding hydrogens is 561 g/mol. The fourth-order valence-corrected chi connectivity index (χ4v) is 6.99. The first-order valence-electron chi connectivity index (χ1n) is 11.7. The third-order valence-corrected chi connectivity index (χ3v) is 8.47. The van der Waals surface area contributed by atoms with Gasteiger partial charge in [0.25, 0.3) is 10.1 Å². The Labute approximate surface area is 219 Å². The van der Waals surface area contributed by atoms with Crippen LogP contribution in [-0.4, -0.2) is 62.2 Å². The minimum atomic E-state index is -6.53. The van der Waals surface area contributed by atoms with Crippen molar-refractivity contribution >= 4 is 35.7 Å². The van der Waals surface area contributed by atoms with Gasteiger partial charge < -0.3 is 9.47 Å². The number of esters is 2. The Morgan fingerprint density at radius 1 is 1.03 bits per heavy atom. The van der Waals surface area contributed by atoms with E-state index < -0.39 is 62.5 Å². The summed E-state index contributed by atoms with van der Waals surface area (Å²) in [6.07, 6.45) is -11.4. The predicted octanol–water partition coefficient (Wildman–Crippen LogP) is 3.56. The zero-order valence-electron chi connectivity index (χ0n) is 20.0. The van der Waals surface area contributed by atoms with Gasteiger partial charge in [0.05, 0.1) is 13.3 Å². The van der Waals surface area contributed by atoms with Crippen molar-refractivity contribution in [2.45, 2.75) is 56.4 Å². The standard InChI is InChI=1S/C23H21BF6O8S/c24-9-11-1-2-15(18(32)38-21(22(25,26)27,23(28,29)30)10-39(34,35)36)16(5-11)37-19(33)20-6-12-3-13(7-20)17(31)14(4-12)8-20/h1-2,5,12-14H,3-4,6-10H2,(H,34,35,36). The minimum absolute atomic E-state index is 0.0400. The highest BCUT2D eigenvalue weighted by atomic mass is 32.2. The van der Waals surface area contributed by atoms with E-state index in [0.29, 0.717) is 19.3 Å². The van der Waals surface area contributed by atoms with Gasteiger partial charge in [-0.15, -0.1) is 0 Å². The molecule has 4 aliphatic rings. The maximum atomic E-state index is 13.7. The van der Waals surface area contributed by atoms with Crippen LogP contribution in [0.4, 0.5) is 26.3 Å². The van der Waals surface area contributed by atoms with Crippen molar-refractivity contribution in [3.8, 4) is 5.75 Å². The molecule has 0 aliphatic heterocycles. The number of benzene rings is 1. The largest absolute Gasteiger partial charge is 0.438 e. The van der Waals surface area contributed by atoms with E-state index in [0.717, 1.165) is 18.2 Å². The number of ketones is 1. The van der Waals surface area contributed by atoms with Gasteiger partial charge in [0.15, 0.2) is 0 Å². The molecule has 0 heterocycles. The molecule has 0 amide bonds. The Morgan fingerprint density at radius 2 is 1.59 bits per heavy atom. The summed E-state index contributed by atoms with van der Waals surface area (Å²) in [6.45, 7) is 0. The lowest BCUT2D eigenvalue weighted by molar-refractivity contribution is -0.356. The second-order valence-corrected chi connectivity index (χ2v) is 11.8. The van der Waals surface area contributed by atoms with Gasteiger partial charge in [-0.2, -0.15) is 34.8 Å². The van der Waals surface area contributed by atoms with E-state index in [1.165, 1.54) is 0 Å². The molecule has 0 aromatic heterocycles. The maximum absolute atomic E-state index is 13.7. The van der Waals surface area contributed by atoms with E-state index in [9.17, 15) is 49.1 Å². The summed E-state index contributed by atoms with van der Waals surface area (Å²) in [5, 5.41) is 0. The monoisotopic (exact) mass is 582 g/mol. The van der Waals surface area contributed by atoms with Gasteiger partial charge in [0.1, 0.15) is 22.8 Å². The first kappa shape index (κ1) is 29.4. The summed E-state index contributed by atoms with van der Waals surface area (Å²) in [6, 6.07) is 2.75. The third kappa shape index (κ3) is 5.28. The van der Waals surface area contributed by atoms with Crippen LogP contribution in [-0.2, 0) is 30.8 Å². The molecule has 4 aliphatic carbocycles. The number of hydrogen-bond acceptors (Lipinski definition) is 7. The highest BCUT2D eigenvalue weighted by molar-refractivity contribution is 7.85. The van der Waals surface area contributed by atoms with Crippen LogP contribution in [0.2, 0.25) is 0 Å². The van der Waals surface area contributed by atoms with Crippen LogP contribution in [0, 0.1) is 23.2 Å². The molecule has 1 aromatic carbocycles. The van der Waals surface area contributed by atoms with Crippen molar-refractivity contribution in [3.63, 3.8) is 0 Å². The van der Waals surface area contributed by atoms with Crippen LogP contribution in [0.25, 0.3) is 0 Å². The fourth-order valence-electron chi connectivity index (χ4n) is 6.09. The van der Waals surface area contributed by atoms with Gasteiger partial charge in [-0.3, -0.25) is 14.1 Å². The lowest BCUT2D eigenvalue weighted by Crippen LogP contribution is -2.63. The smallest absolute Gasteiger partial charge is 0.434 e. The Hall–Kier alpha value is -2.62. The average Bonchev–Trinajstić information content (AvgIpc) is 2.79. The van der Waals surface area contributed by atoms with E-state index in [-0.39, 0.29) is 48.3 Å². The molecule has 39 heavy (non-hydrogen) atoms. The molecule has 212 valence electrons. The zero-order chi connectivity index (χ0) is 29.2. The molecule has 2 radical (unpaired) electrons. The van der Waals surface area contributed by atoms with Crippen molar-refractivity contribution in [2.75, 3.05) is 5.75 Å². The average molecular weight is 582 g/mol. The van der Waals surface area contributed by atoms with Crippen molar-refractivity contribution in [2.24, 2.45) is 23.2 Å². The molecular formula is C23H21BF6O8S. The van der Waals surface area contributed by atoms with Crippen LogP contribution in [0.1, 0.15) is 48.0 Å². The summed E-state index contributed by atoms with van der Waals surface area (Å²) in [7, 11) is -0.456. The van der Waals surface area contributed by atoms with Crippen LogP contribution in [0.3, 0.4) is 0 Å². The molecule has 0 saturated heterocycles. The molecule has 8 nitrogen and oxygen atoms in total. The highest BCUT2D eigenvalue weighted by Gasteiger charge is 2.76. The van der Waals surface area contributed by atoms with Gasteiger partial charge in [-0.1, -0.05) is 17.9 Å². The number of hydrogen-bond donors (Lipinski definition) is 1. The molecule has 2 atom stereocenters. The van der Waals surface area contributed by atoms with Gasteiger partial charge in [-0.25, -0.2) is 4.79 Å².